The summed E-state index contributed by atoms with van der Waals surface area (Å²) in [5, 5.41) is 0. The third-order valence-electron chi connectivity index (χ3n) is 5.59. The van der Waals surface area contributed by atoms with Crippen molar-refractivity contribution >= 4 is 0 Å². The summed E-state index contributed by atoms with van der Waals surface area (Å²) in [7, 11) is 0. The van der Waals surface area contributed by atoms with Gasteiger partial charge in [-0.25, -0.2) is 14.4 Å². The first-order valence-corrected chi connectivity index (χ1v) is 11.4. The topological polar surface area (TPSA) is 49.2 Å². The fraction of sp³-hybridized carbons (Fsp3) is 0.103. The minimum Gasteiger partial charge on any atom is -0.491 e. The van der Waals surface area contributed by atoms with Gasteiger partial charge in [0.2, 0.25) is 5.88 Å². The van der Waals surface area contributed by atoms with Crippen LogP contribution in [0.25, 0.3) is 22.5 Å². The lowest BCUT2D eigenvalue weighted by molar-refractivity contribution is 0.261. The molecule has 1 atom stereocenters. The van der Waals surface area contributed by atoms with Crippen LogP contribution >= 0.6 is 0 Å². The van der Waals surface area contributed by atoms with Crippen LogP contribution in [0, 0.1) is 5.82 Å². The van der Waals surface area contributed by atoms with Crippen LogP contribution in [-0.2, 0) is 0 Å². The van der Waals surface area contributed by atoms with Gasteiger partial charge in [-0.05, 0) is 61.5 Å². The molecule has 174 valence electrons. The van der Waals surface area contributed by atoms with Crippen LogP contribution in [0.1, 0.15) is 13.0 Å². The molecule has 0 N–H and O–H groups in total. The lowest BCUT2D eigenvalue weighted by atomic mass is 10.0. The van der Waals surface area contributed by atoms with Gasteiger partial charge in [0, 0.05) is 23.4 Å². The molecule has 6 heteroatoms. The fourth-order valence-corrected chi connectivity index (χ4v) is 3.84. The Bertz CT molecular complexity index is 1390. The molecule has 0 saturated carbocycles. The van der Waals surface area contributed by atoms with E-state index in [1.54, 1.807) is 24.7 Å². The third kappa shape index (κ3) is 5.22. The SMILES string of the molecule is CC(COc1ccccc1)n1cnc(-c2ccc(F)cc2)c1-c1ccnc(Oc2ccccc2)c1. The van der Waals surface area contributed by atoms with Gasteiger partial charge in [0.15, 0.2) is 0 Å². The smallest absolute Gasteiger partial charge is 0.219 e. The van der Waals surface area contributed by atoms with Crippen LogP contribution in [-0.4, -0.2) is 21.1 Å². The van der Waals surface area contributed by atoms with Gasteiger partial charge in [-0.1, -0.05) is 36.4 Å². The lowest BCUT2D eigenvalue weighted by Gasteiger charge is -2.19. The molecule has 1 unspecified atom stereocenters. The van der Waals surface area contributed by atoms with Crippen molar-refractivity contribution in [2.45, 2.75) is 13.0 Å². The van der Waals surface area contributed by atoms with Crippen LogP contribution in [0.3, 0.4) is 0 Å². The highest BCUT2D eigenvalue weighted by atomic mass is 19.1. The molecule has 0 fully saturated rings. The van der Waals surface area contributed by atoms with Crippen molar-refractivity contribution in [3.05, 3.63) is 115 Å². The van der Waals surface area contributed by atoms with E-state index in [2.05, 4.69) is 16.5 Å². The zero-order chi connectivity index (χ0) is 24.0. The first-order chi connectivity index (χ1) is 17.2. The number of pyridine rings is 1. The van der Waals surface area contributed by atoms with Crippen molar-refractivity contribution in [1.29, 1.82) is 0 Å². The first kappa shape index (κ1) is 22.3. The molecule has 0 amide bonds. The van der Waals surface area contributed by atoms with E-state index in [9.17, 15) is 4.39 Å². The van der Waals surface area contributed by atoms with Gasteiger partial charge < -0.3 is 14.0 Å². The molecular formula is C29H24FN3O2. The number of rotatable bonds is 8. The number of hydrogen-bond acceptors (Lipinski definition) is 4. The Hall–Kier alpha value is -4.45. The second-order valence-electron chi connectivity index (χ2n) is 8.13. The van der Waals surface area contributed by atoms with Crippen LogP contribution in [0.4, 0.5) is 4.39 Å². The number of hydrogen-bond donors (Lipinski definition) is 0. The Kier molecular flexibility index (Phi) is 6.52. The second-order valence-corrected chi connectivity index (χ2v) is 8.13. The first-order valence-electron chi connectivity index (χ1n) is 11.4. The van der Waals surface area contributed by atoms with Crippen LogP contribution in [0.15, 0.2) is 110 Å². The maximum absolute atomic E-state index is 13.6. The molecule has 35 heavy (non-hydrogen) atoms. The highest BCUT2D eigenvalue weighted by molar-refractivity contribution is 5.79. The number of halogens is 1. The minimum absolute atomic E-state index is 0.0291. The number of ether oxygens (including phenoxy) is 2. The monoisotopic (exact) mass is 465 g/mol. The third-order valence-corrected chi connectivity index (χ3v) is 5.59. The molecule has 0 aliphatic heterocycles. The zero-order valence-electron chi connectivity index (χ0n) is 19.2. The molecule has 0 aliphatic carbocycles. The van der Waals surface area contributed by atoms with E-state index in [4.69, 9.17) is 14.5 Å². The van der Waals surface area contributed by atoms with Gasteiger partial charge >= 0.3 is 0 Å². The Morgan fingerprint density at radius 2 is 1.49 bits per heavy atom. The number of imidazole rings is 1. The van der Waals surface area contributed by atoms with E-state index in [0.29, 0.717) is 18.2 Å². The highest BCUT2D eigenvalue weighted by Gasteiger charge is 2.20. The molecular weight excluding hydrogens is 441 g/mol. The molecule has 0 radical (unpaired) electrons. The van der Waals surface area contributed by atoms with Gasteiger partial charge in [0.05, 0.1) is 23.8 Å². The summed E-state index contributed by atoms with van der Waals surface area (Å²) in [6.07, 6.45) is 3.51. The number of para-hydroxylation sites is 2. The average Bonchev–Trinajstić information content (AvgIpc) is 3.34. The van der Waals surface area contributed by atoms with Gasteiger partial charge in [-0.15, -0.1) is 0 Å². The second kappa shape index (κ2) is 10.2. The normalized spacial score (nSPS) is 11.7. The minimum atomic E-state index is -0.290. The van der Waals surface area contributed by atoms with Crippen molar-refractivity contribution < 1.29 is 13.9 Å². The molecule has 0 spiro atoms. The molecule has 5 aromatic rings. The lowest BCUT2D eigenvalue weighted by Crippen LogP contribution is -2.14. The molecule has 0 aliphatic rings. The molecule has 2 aromatic heterocycles. The van der Waals surface area contributed by atoms with Crippen molar-refractivity contribution in [3.8, 4) is 39.9 Å². The van der Waals surface area contributed by atoms with Crippen molar-refractivity contribution in [2.24, 2.45) is 0 Å². The van der Waals surface area contributed by atoms with Gasteiger partial charge in [-0.3, -0.25) is 0 Å². The predicted octanol–water partition coefficient (Wildman–Crippen LogP) is 7.18. The maximum atomic E-state index is 13.6. The van der Waals surface area contributed by atoms with E-state index in [0.717, 1.165) is 28.3 Å². The molecule has 5 nitrogen and oxygen atoms in total. The van der Waals surface area contributed by atoms with E-state index < -0.39 is 0 Å². The Morgan fingerprint density at radius 3 is 2.20 bits per heavy atom. The molecule has 2 heterocycles. The summed E-state index contributed by atoms with van der Waals surface area (Å²) < 4.78 is 27.7. The summed E-state index contributed by atoms with van der Waals surface area (Å²) in [6, 6.07) is 29.4. The number of nitrogens with zero attached hydrogens (tertiary/aromatic N) is 3. The summed E-state index contributed by atoms with van der Waals surface area (Å²) in [5.41, 5.74) is 3.32. The molecule has 0 saturated heterocycles. The van der Waals surface area contributed by atoms with E-state index in [1.165, 1.54) is 12.1 Å². The predicted molar refractivity (Wildman–Crippen MR) is 134 cm³/mol. The number of benzene rings is 3. The largest absolute Gasteiger partial charge is 0.491 e. The van der Waals surface area contributed by atoms with Crippen LogP contribution in [0.2, 0.25) is 0 Å². The van der Waals surface area contributed by atoms with Crippen LogP contribution in [0.5, 0.6) is 17.4 Å². The van der Waals surface area contributed by atoms with Crippen LogP contribution < -0.4 is 9.47 Å². The van der Waals surface area contributed by atoms with Crippen molar-refractivity contribution in [2.75, 3.05) is 6.61 Å². The Balaban J connectivity index is 1.51. The Morgan fingerprint density at radius 1 is 0.800 bits per heavy atom. The summed E-state index contributed by atoms with van der Waals surface area (Å²) in [4.78, 5) is 9.09. The molecule has 5 rings (SSSR count). The summed E-state index contributed by atoms with van der Waals surface area (Å²) >= 11 is 0. The fourth-order valence-electron chi connectivity index (χ4n) is 3.84. The van der Waals surface area contributed by atoms with E-state index >= 15 is 0 Å². The Labute approximate surface area is 203 Å². The van der Waals surface area contributed by atoms with Crippen molar-refractivity contribution in [1.82, 2.24) is 14.5 Å². The van der Waals surface area contributed by atoms with Gasteiger partial charge in [0.25, 0.3) is 0 Å². The summed E-state index contributed by atoms with van der Waals surface area (Å²) in [5.74, 6) is 1.69. The maximum Gasteiger partial charge on any atom is 0.219 e. The van der Waals surface area contributed by atoms with Crippen molar-refractivity contribution in [3.63, 3.8) is 0 Å². The molecule has 3 aromatic carbocycles. The zero-order valence-corrected chi connectivity index (χ0v) is 19.2. The van der Waals surface area contributed by atoms with Gasteiger partial charge in [-0.2, -0.15) is 0 Å². The number of aromatic nitrogens is 3. The van der Waals surface area contributed by atoms with E-state index in [1.807, 2.05) is 72.8 Å². The quantitative estimate of drug-likeness (QED) is 0.243. The summed E-state index contributed by atoms with van der Waals surface area (Å²) in [6.45, 7) is 2.53. The molecule has 0 bridgehead atoms. The average molecular weight is 466 g/mol. The highest BCUT2D eigenvalue weighted by Crippen LogP contribution is 2.35. The standard InChI is InChI=1S/C29H24FN3O2/c1-21(19-34-25-8-4-2-5-9-25)33-20-32-28(22-12-14-24(30)15-13-22)29(33)23-16-17-31-27(18-23)35-26-10-6-3-7-11-26/h2-18,20-21H,19H2,1H3. The van der Waals surface area contributed by atoms with Gasteiger partial charge in [0.1, 0.15) is 23.9 Å². The van der Waals surface area contributed by atoms with E-state index in [-0.39, 0.29) is 11.9 Å².